The highest BCUT2D eigenvalue weighted by Crippen LogP contribution is 2.34. The summed E-state index contributed by atoms with van der Waals surface area (Å²) in [6, 6.07) is -0.711. The summed E-state index contributed by atoms with van der Waals surface area (Å²) < 4.78 is 4.91. The third-order valence-electron chi connectivity index (χ3n) is 4.28. The number of carbonyl (C=O) groups excluding carboxylic acids is 5. The summed E-state index contributed by atoms with van der Waals surface area (Å²) in [5.74, 6) is -2.71. The maximum absolute atomic E-state index is 12.3. The molecule has 136 valence electrons. The average molecular weight is 351 g/mol. The molecule has 0 unspecified atom stereocenters. The molecule has 2 aliphatic rings. The van der Waals surface area contributed by atoms with Crippen LogP contribution in [0.4, 0.5) is 4.79 Å². The first kappa shape index (κ1) is 18.6. The lowest BCUT2D eigenvalue weighted by atomic mass is 9.85. The van der Waals surface area contributed by atoms with E-state index < -0.39 is 24.0 Å². The fourth-order valence-corrected chi connectivity index (χ4v) is 2.88. The smallest absolute Gasteiger partial charge is 0.321 e. The largest absolute Gasteiger partial charge is 0.452 e. The predicted molar refractivity (Wildman–Crippen MR) is 84.8 cm³/mol. The molecule has 0 radical (unpaired) electrons. The van der Waals surface area contributed by atoms with Crippen LogP contribution in [0.5, 0.6) is 0 Å². The van der Waals surface area contributed by atoms with E-state index in [1.54, 1.807) is 0 Å². The summed E-state index contributed by atoms with van der Waals surface area (Å²) in [5.41, 5.74) is 0. The summed E-state index contributed by atoms with van der Waals surface area (Å²) in [4.78, 5) is 60.1. The summed E-state index contributed by atoms with van der Waals surface area (Å²) in [5, 5.41) is 4.19. The second-order valence-electron chi connectivity index (χ2n) is 5.93. The number of amides is 5. The van der Waals surface area contributed by atoms with Crippen LogP contribution in [0, 0.1) is 11.8 Å². The fourth-order valence-electron chi connectivity index (χ4n) is 2.88. The number of urea groups is 1. The van der Waals surface area contributed by atoms with Crippen molar-refractivity contribution in [2.45, 2.75) is 32.3 Å². The standard InChI is InChI=1S/C16H21N3O6/c1-9(13(21)18-16(24)17-2)25-12(20)7-8-19-14(22)10-5-3-4-6-11(10)15(19)23/h3-4,9-11H,5-8H2,1-2H3,(H2,17,18,21,24)/t9-,10-,11+/m0/s1. The quantitative estimate of drug-likeness (QED) is 0.399. The number of esters is 1. The van der Waals surface area contributed by atoms with E-state index in [1.807, 2.05) is 17.5 Å². The van der Waals surface area contributed by atoms with Crippen LogP contribution in [0.25, 0.3) is 0 Å². The van der Waals surface area contributed by atoms with Crippen molar-refractivity contribution < 1.29 is 28.7 Å². The molecule has 3 atom stereocenters. The molecular weight excluding hydrogens is 330 g/mol. The minimum Gasteiger partial charge on any atom is -0.452 e. The Balaban J connectivity index is 1.82. The molecule has 2 N–H and O–H groups in total. The molecule has 0 saturated carbocycles. The number of hydrogen-bond acceptors (Lipinski definition) is 6. The second kappa shape index (κ2) is 7.91. The van der Waals surface area contributed by atoms with Crippen LogP contribution in [0.2, 0.25) is 0 Å². The van der Waals surface area contributed by atoms with Crippen LogP contribution >= 0.6 is 0 Å². The van der Waals surface area contributed by atoms with E-state index in [2.05, 4.69) is 5.32 Å². The minimum atomic E-state index is -1.17. The number of rotatable bonds is 5. The summed E-state index contributed by atoms with van der Waals surface area (Å²) in [7, 11) is 1.34. The molecule has 1 saturated heterocycles. The zero-order valence-electron chi connectivity index (χ0n) is 14.1. The van der Waals surface area contributed by atoms with Gasteiger partial charge in [-0.15, -0.1) is 0 Å². The molecular formula is C16H21N3O6. The van der Waals surface area contributed by atoms with E-state index >= 15 is 0 Å². The van der Waals surface area contributed by atoms with Crippen molar-refractivity contribution in [2.24, 2.45) is 11.8 Å². The van der Waals surface area contributed by atoms with Gasteiger partial charge in [-0.05, 0) is 19.8 Å². The normalized spacial score (nSPS) is 23.0. The van der Waals surface area contributed by atoms with Crippen molar-refractivity contribution in [3.63, 3.8) is 0 Å². The van der Waals surface area contributed by atoms with Crippen LogP contribution in [-0.4, -0.2) is 54.3 Å². The number of imide groups is 2. The number of allylic oxidation sites excluding steroid dienone is 2. The van der Waals surface area contributed by atoms with Gasteiger partial charge in [0.05, 0.1) is 18.3 Å². The Morgan fingerprint density at radius 2 is 1.76 bits per heavy atom. The zero-order chi connectivity index (χ0) is 18.6. The van der Waals surface area contributed by atoms with E-state index in [9.17, 15) is 24.0 Å². The second-order valence-corrected chi connectivity index (χ2v) is 5.93. The number of likely N-dealkylation sites (tertiary alicyclic amines) is 1. The first-order valence-corrected chi connectivity index (χ1v) is 8.07. The van der Waals surface area contributed by atoms with Crippen molar-refractivity contribution >= 4 is 29.7 Å². The summed E-state index contributed by atoms with van der Waals surface area (Å²) in [6.45, 7) is 1.25. The van der Waals surface area contributed by atoms with Crippen molar-refractivity contribution in [3.05, 3.63) is 12.2 Å². The van der Waals surface area contributed by atoms with Gasteiger partial charge in [-0.2, -0.15) is 0 Å². The fraction of sp³-hybridized carbons (Fsp3) is 0.562. The Kier molecular flexibility index (Phi) is 5.89. The monoisotopic (exact) mass is 351 g/mol. The zero-order valence-corrected chi connectivity index (χ0v) is 14.1. The van der Waals surface area contributed by atoms with Crippen molar-refractivity contribution in [2.75, 3.05) is 13.6 Å². The van der Waals surface area contributed by atoms with Crippen molar-refractivity contribution in [1.82, 2.24) is 15.5 Å². The van der Waals surface area contributed by atoms with E-state index in [-0.39, 0.29) is 36.6 Å². The molecule has 0 aromatic heterocycles. The van der Waals surface area contributed by atoms with Crippen molar-refractivity contribution in [1.29, 1.82) is 0 Å². The number of nitrogens with zero attached hydrogens (tertiary/aromatic N) is 1. The van der Waals surface area contributed by atoms with Crippen LogP contribution < -0.4 is 10.6 Å². The molecule has 1 fully saturated rings. The molecule has 9 heteroatoms. The van der Waals surface area contributed by atoms with E-state index in [4.69, 9.17) is 4.74 Å². The SMILES string of the molecule is CNC(=O)NC(=O)[C@H](C)OC(=O)CCN1C(=O)[C@H]2CC=CC[C@H]2C1=O. The molecule has 5 amide bonds. The predicted octanol–water partition coefficient (Wildman–Crippen LogP) is -0.285. The highest BCUT2D eigenvalue weighted by atomic mass is 16.5. The topological polar surface area (TPSA) is 122 Å². The molecule has 1 aliphatic carbocycles. The first-order chi connectivity index (χ1) is 11.8. The van der Waals surface area contributed by atoms with Crippen LogP contribution in [0.3, 0.4) is 0 Å². The van der Waals surface area contributed by atoms with Gasteiger partial charge in [-0.1, -0.05) is 12.2 Å². The van der Waals surface area contributed by atoms with E-state index in [0.29, 0.717) is 12.8 Å². The van der Waals surface area contributed by atoms with Gasteiger partial charge in [0.2, 0.25) is 11.8 Å². The third kappa shape index (κ3) is 4.23. The van der Waals surface area contributed by atoms with E-state index in [0.717, 1.165) is 4.90 Å². The third-order valence-corrected chi connectivity index (χ3v) is 4.28. The van der Waals surface area contributed by atoms with Crippen LogP contribution in [-0.2, 0) is 23.9 Å². The van der Waals surface area contributed by atoms with Gasteiger partial charge in [0.25, 0.3) is 5.91 Å². The Labute approximate surface area is 144 Å². The van der Waals surface area contributed by atoms with Crippen LogP contribution in [0.15, 0.2) is 12.2 Å². The van der Waals surface area contributed by atoms with Crippen molar-refractivity contribution in [3.8, 4) is 0 Å². The van der Waals surface area contributed by atoms with Gasteiger partial charge in [-0.3, -0.25) is 29.4 Å². The summed E-state index contributed by atoms with van der Waals surface area (Å²) >= 11 is 0. The molecule has 2 rings (SSSR count). The molecule has 25 heavy (non-hydrogen) atoms. The molecule has 0 aromatic carbocycles. The molecule has 9 nitrogen and oxygen atoms in total. The van der Waals surface area contributed by atoms with Gasteiger partial charge in [0.1, 0.15) is 0 Å². The van der Waals surface area contributed by atoms with Gasteiger partial charge >= 0.3 is 12.0 Å². The number of carbonyl (C=O) groups is 5. The van der Waals surface area contributed by atoms with Gasteiger partial charge < -0.3 is 10.1 Å². The summed E-state index contributed by atoms with van der Waals surface area (Å²) in [6.07, 6.45) is 3.47. The number of fused-ring (bicyclic) bond motifs is 1. The highest BCUT2D eigenvalue weighted by molar-refractivity contribution is 6.05. The Hall–Kier alpha value is -2.71. The molecule has 0 aromatic rings. The molecule has 1 heterocycles. The lowest BCUT2D eigenvalue weighted by molar-refractivity contribution is -0.155. The maximum atomic E-state index is 12.3. The van der Waals surface area contributed by atoms with E-state index in [1.165, 1.54) is 14.0 Å². The van der Waals surface area contributed by atoms with Gasteiger partial charge in [0.15, 0.2) is 6.10 Å². The molecule has 0 spiro atoms. The lowest BCUT2D eigenvalue weighted by Gasteiger charge is -2.16. The minimum absolute atomic E-state index is 0.0761. The van der Waals surface area contributed by atoms with Gasteiger partial charge in [0, 0.05) is 13.6 Å². The highest BCUT2D eigenvalue weighted by Gasteiger charge is 2.47. The number of ether oxygens (including phenoxy) is 1. The van der Waals surface area contributed by atoms with Gasteiger partial charge in [-0.25, -0.2) is 4.79 Å². The lowest BCUT2D eigenvalue weighted by Crippen LogP contribution is -2.43. The average Bonchev–Trinajstić information content (AvgIpc) is 2.84. The molecule has 0 bridgehead atoms. The molecule has 1 aliphatic heterocycles. The Bertz CT molecular complexity index is 603. The van der Waals surface area contributed by atoms with Crippen LogP contribution in [0.1, 0.15) is 26.2 Å². The first-order valence-electron chi connectivity index (χ1n) is 8.07. The number of hydrogen-bond donors (Lipinski definition) is 2. The number of nitrogens with one attached hydrogen (secondary N) is 2. The Morgan fingerprint density at radius 3 is 2.28 bits per heavy atom. The Morgan fingerprint density at radius 1 is 1.20 bits per heavy atom. The maximum Gasteiger partial charge on any atom is 0.321 e.